The summed E-state index contributed by atoms with van der Waals surface area (Å²) in [5.74, 6) is -1.20. The molecule has 3 aromatic rings. The van der Waals surface area contributed by atoms with E-state index in [9.17, 15) is 14.7 Å². The Kier molecular flexibility index (Phi) is 5.67. The maximum atomic E-state index is 13.2. The summed E-state index contributed by atoms with van der Waals surface area (Å²) < 4.78 is 5.35. The summed E-state index contributed by atoms with van der Waals surface area (Å²) in [5, 5.41) is 20.4. The maximum Gasteiger partial charge on any atom is 0.300 e. The highest BCUT2D eigenvalue weighted by Crippen LogP contribution is 2.42. The highest BCUT2D eigenvalue weighted by atomic mass is 16.5. The quantitative estimate of drug-likeness (QED) is 0.371. The number of carbonyl (C=O) groups is 2. The van der Waals surface area contributed by atoms with Crippen LogP contribution in [0.5, 0.6) is 5.75 Å². The predicted octanol–water partition coefficient (Wildman–Crippen LogP) is 4.21. The zero-order chi connectivity index (χ0) is 23.7. The zero-order valence-corrected chi connectivity index (χ0v) is 18.4. The Morgan fingerprint density at radius 3 is 2.42 bits per heavy atom. The largest absolute Gasteiger partial charge is 0.507 e. The first-order valence-corrected chi connectivity index (χ1v) is 10.2. The van der Waals surface area contributed by atoms with Crippen LogP contribution in [-0.4, -0.2) is 28.9 Å². The predicted molar refractivity (Wildman–Crippen MR) is 123 cm³/mol. The Morgan fingerprint density at radius 2 is 1.82 bits per heavy atom. The number of pyridine rings is 1. The molecular weight excluding hydrogens is 418 g/mol. The molecule has 0 aliphatic carbocycles. The van der Waals surface area contributed by atoms with Crippen LogP contribution in [0.1, 0.15) is 34.0 Å². The Morgan fingerprint density at radius 1 is 1.09 bits per heavy atom. The Hall–Kier alpha value is -4.44. The maximum absolute atomic E-state index is 13.2. The molecule has 7 nitrogen and oxygen atoms in total. The molecule has 0 spiro atoms. The van der Waals surface area contributed by atoms with Gasteiger partial charge in [-0.2, -0.15) is 5.26 Å². The lowest BCUT2D eigenvalue weighted by atomic mass is 9.95. The molecule has 2 heterocycles. The topological polar surface area (TPSA) is 104 Å². The van der Waals surface area contributed by atoms with E-state index in [0.717, 1.165) is 5.56 Å². The second kappa shape index (κ2) is 8.60. The van der Waals surface area contributed by atoms with Gasteiger partial charge in [0.2, 0.25) is 0 Å². The molecule has 1 saturated heterocycles. The van der Waals surface area contributed by atoms with E-state index in [-0.39, 0.29) is 11.3 Å². The lowest BCUT2D eigenvalue weighted by Gasteiger charge is -2.24. The standard InChI is InChI=1S/C26H21N3O4/c1-15-13-21(33-3)16(2)12-19(15)24(30)22-23(20-6-4-5-11-28-20)29(26(32)25(22)31)18-9-7-17(14-27)8-10-18/h4-13,23,30H,1-3H3/b24-22+. The second-order valence-electron chi connectivity index (χ2n) is 7.72. The number of hydrogen-bond acceptors (Lipinski definition) is 6. The molecule has 1 N–H and O–H groups in total. The molecule has 1 amide bonds. The van der Waals surface area contributed by atoms with Crippen LogP contribution < -0.4 is 9.64 Å². The minimum absolute atomic E-state index is 0.0456. The number of aliphatic hydroxyl groups excluding tert-OH is 1. The van der Waals surface area contributed by atoms with Gasteiger partial charge in [-0.15, -0.1) is 0 Å². The smallest absolute Gasteiger partial charge is 0.300 e. The lowest BCUT2D eigenvalue weighted by molar-refractivity contribution is -0.132. The van der Waals surface area contributed by atoms with Crippen molar-refractivity contribution in [3.05, 3.63) is 94.3 Å². The number of methoxy groups -OCH3 is 1. The molecular formula is C26H21N3O4. The third-order valence-electron chi connectivity index (χ3n) is 5.68. The summed E-state index contributed by atoms with van der Waals surface area (Å²) in [6, 6.07) is 16.1. The highest BCUT2D eigenvalue weighted by Gasteiger charge is 2.47. The summed E-state index contributed by atoms with van der Waals surface area (Å²) in [4.78, 5) is 32.1. The third kappa shape index (κ3) is 3.72. The van der Waals surface area contributed by atoms with Crippen molar-refractivity contribution in [1.29, 1.82) is 5.26 Å². The van der Waals surface area contributed by atoms with Crippen LogP contribution in [0, 0.1) is 25.2 Å². The van der Waals surface area contributed by atoms with Crippen molar-refractivity contribution in [2.24, 2.45) is 0 Å². The van der Waals surface area contributed by atoms with Gasteiger partial charge in [-0.3, -0.25) is 19.5 Å². The van der Waals surface area contributed by atoms with E-state index in [0.29, 0.717) is 33.8 Å². The molecule has 1 atom stereocenters. The van der Waals surface area contributed by atoms with Crippen LogP contribution in [-0.2, 0) is 9.59 Å². The van der Waals surface area contributed by atoms with E-state index in [1.54, 1.807) is 74.8 Å². The molecule has 0 bridgehead atoms. The average Bonchev–Trinajstić information content (AvgIpc) is 3.10. The van der Waals surface area contributed by atoms with Gasteiger partial charge in [0.15, 0.2) is 0 Å². The SMILES string of the molecule is COc1cc(C)c(/C(O)=C2\C(=O)C(=O)N(c3ccc(C#N)cc3)C2c2ccccn2)cc1C. The molecule has 1 aromatic heterocycles. The molecule has 164 valence electrons. The number of anilines is 1. The van der Waals surface area contributed by atoms with E-state index in [1.807, 2.05) is 13.0 Å². The molecule has 1 unspecified atom stereocenters. The molecule has 0 saturated carbocycles. The fourth-order valence-electron chi connectivity index (χ4n) is 4.02. The van der Waals surface area contributed by atoms with Crippen LogP contribution in [0.25, 0.3) is 5.76 Å². The van der Waals surface area contributed by atoms with Crippen LogP contribution in [0.15, 0.2) is 66.4 Å². The summed E-state index contributed by atoms with van der Waals surface area (Å²) >= 11 is 0. The van der Waals surface area contributed by atoms with E-state index in [1.165, 1.54) is 4.90 Å². The minimum Gasteiger partial charge on any atom is -0.507 e. The second-order valence-corrected chi connectivity index (χ2v) is 7.72. The number of aryl methyl sites for hydroxylation is 2. The summed E-state index contributed by atoms with van der Waals surface area (Å²) in [7, 11) is 1.56. The van der Waals surface area contributed by atoms with Gasteiger partial charge < -0.3 is 9.84 Å². The van der Waals surface area contributed by atoms with Gasteiger partial charge >= 0.3 is 0 Å². The number of carbonyl (C=O) groups excluding carboxylic acids is 2. The monoisotopic (exact) mass is 439 g/mol. The van der Waals surface area contributed by atoms with Gasteiger partial charge in [0.05, 0.1) is 30.0 Å². The van der Waals surface area contributed by atoms with Crippen molar-refractivity contribution < 1.29 is 19.4 Å². The van der Waals surface area contributed by atoms with Crippen molar-refractivity contribution in [2.45, 2.75) is 19.9 Å². The van der Waals surface area contributed by atoms with Crippen molar-refractivity contribution in [3.63, 3.8) is 0 Å². The van der Waals surface area contributed by atoms with E-state index in [4.69, 9.17) is 10.00 Å². The minimum atomic E-state index is -0.930. The van der Waals surface area contributed by atoms with Gasteiger partial charge in [-0.05, 0) is 73.5 Å². The fraction of sp³-hybridized carbons (Fsp3) is 0.154. The molecule has 1 aliphatic rings. The Balaban J connectivity index is 1.95. The number of Topliss-reactive ketones (excluding diaryl/α,β-unsaturated/α-hetero) is 1. The van der Waals surface area contributed by atoms with Gasteiger partial charge in [0, 0.05) is 17.4 Å². The van der Waals surface area contributed by atoms with Crippen molar-refractivity contribution in [2.75, 3.05) is 12.0 Å². The summed E-state index contributed by atoms with van der Waals surface area (Å²) in [6.07, 6.45) is 1.57. The molecule has 7 heteroatoms. The molecule has 2 aromatic carbocycles. The number of rotatable bonds is 4. The number of amides is 1. The summed E-state index contributed by atoms with van der Waals surface area (Å²) in [5.41, 5.74) is 3.15. The van der Waals surface area contributed by atoms with Gasteiger partial charge in [0.1, 0.15) is 17.6 Å². The first-order valence-electron chi connectivity index (χ1n) is 10.2. The molecule has 0 radical (unpaired) electrons. The zero-order valence-electron chi connectivity index (χ0n) is 18.4. The van der Waals surface area contributed by atoms with Crippen molar-refractivity contribution in [1.82, 2.24) is 4.98 Å². The van der Waals surface area contributed by atoms with Crippen molar-refractivity contribution in [3.8, 4) is 11.8 Å². The van der Waals surface area contributed by atoms with E-state index >= 15 is 0 Å². The van der Waals surface area contributed by atoms with Gasteiger partial charge in [-0.1, -0.05) is 6.07 Å². The number of ether oxygens (including phenoxy) is 1. The molecule has 1 fully saturated rings. The van der Waals surface area contributed by atoms with Crippen LogP contribution in [0.3, 0.4) is 0 Å². The lowest BCUT2D eigenvalue weighted by Crippen LogP contribution is -2.29. The molecule has 4 rings (SSSR count). The van der Waals surface area contributed by atoms with Crippen LogP contribution in [0.4, 0.5) is 5.69 Å². The summed E-state index contributed by atoms with van der Waals surface area (Å²) in [6.45, 7) is 3.63. The van der Waals surface area contributed by atoms with Crippen LogP contribution >= 0.6 is 0 Å². The molecule has 1 aliphatic heterocycles. The van der Waals surface area contributed by atoms with Crippen LogP contribution in [0.2, 0.25) is 0 Å². The first-order chi connectivity index (χ1) is 15.9. The first kappa shape index (κ1) is 21.8. The number of ketones is 1. The number of aromatic nitrogens is 1. The average molecular weight is 439 g/mol. The Bertz CT molecular complexity index is 1320. The highest BCUT2D eigenvalue weighted by molar-refractivity contribution is 6.51. The number of nitriles is 1. The number of hydrogen-bond donors (Lipinski definition) is 1. The Labute approximate surface area is 191 Å². The fourth-order valence-corrected chi connectivity index (χ4v) is 4.02. The van der Waals surface area contributed by atoms with Gasteiger partial charge in [-0.25, -0.2) is 0 Å². The molecule has 33 heavy (non-hydrogen) atoms. The third-order valence-corrected chi connectivity index (χ3v) is 5.68. The number of benzene rings is 2. The normalized spacial score (nSPS) is 17.2. The number of aliphatic hydroxyl groups is 1. The van der Waals surface area contributed by atoms with E-state index < -0.39 is 17.7 Å². The van der Waals surface area contributed by atoms with Crippen molar-refractivity contribution >= 4 is 23.1 Å². The van der Waals surface area contributed by atoms with E-state index in [2.05, 4.69) is 4.98 Å². The van der Waals surface area contributed by atoms with Gasteiger partial charge in [0.25, 0.3) is 11.7 Å². The number of nitrogens with zero attached hydrogens (tertiary/aromatic N) is 3.